The van der Waals surface area contributed by atoms with Gasteiger partial charge in [-0.15, -0.1) is 11.3 Å². The highest BCUT2D eigenvalue weighted by atomic mass is 79.9. The van der Waals surface area contributed by atoms with Crippen LogP contribution in [0.2, 0.25) is 0 Å². The maximum Gasteiger partial charge on any atom is 0.336 e. The summed E-state index contributed by atoms with van der Waals surface area (Å²) in [5.74, 6) is -1.10. The summed E-state index contributed by atoms with van der Waals surface area (Å²) in [6, 6.07) is 14.6. The van der Waals surface area contributed by atoms with Gasteiger partial charge in [0, 0.05) is 11.0 Å². The van der Waals surface area contributed by atoms with E-state index in [4.69, 9.17) is 0 Å². The summed E-state index contributed by atoms with van der Waals surface area (Å²) < 4.78 is 17.4. The van der Waals surface area contributed by atoms with Crippen LogP contribution in [-0.2, 0) is 17.9 Å². The van der Waals surface area contributed by atoms with E-state index in [1.807, 2.05) is 24.3 Å². The van der Waals surface area contributed by atoms with Gasteiger partial charge >= 0.3 is 5.69 Å². The third kappa shape index (κ3) is 3.73. The molecule has 9 heteroatoms. The lowest BCUT2D eigenvalue weighted by molar-refractivity contribution is -0.121. The Morgan fingerprint density at radius 1 is 1.07 bits per heavy atom. The van der Waals surface area contributed by atoms with Gasteiger partial charge in [0.05, 0.1) is 11.2 Å². The van der Waals surface area contributed by atoms with Crippen LogP contribution in [0.3, 0.4) is 0 Å². The number of hydrogen-bond acceptors (Lipinski definition) is 4. The number of fused-ring (bicyclic) bond motifs is 1. The molecule has 4 aromatic rings. The van der Waals surface area contributed by atoms with E-state index in [0.29, 0.717) is 5.52 Å². The van der Waals surface area contributed by atoms with E-state index in [0.717, 1.165) is 25.9 Å². The first-order chi connectivity index (χ1) is 14.5. The molecule has 2 heterocycles. The van der Waals surface area contributed by atoms with E-state index in [2.05, 4.69) is 21.2 Å². The molecule has 0 atom stereocenters. The maximum atomic E-state index is 14.3. The van der Waals surface area contributed by atoms with E-state index in [-0.39, 0.29) is 23.5 Å². The zero-order valence-corrected chi connectivity index (χ0v) is 17.9. The van der Waals surface area contributed by atoms with Crippen LogP contribution in [0, 0.1) is 5.82 Å². The van der Waals surface area contributed by atoms with Gasteiger partial charge in [-0.2, -0.15) is 0 Å². The average molecular weight is 488 g/mol. The Kier molecular flexibility index (Phi) is 5.65. The van der Waals surface area contributed by atoms with Gasteiger partial charge in [0.2, 0.25) is 5.91 Å². The molecule has 1 amide bonds. The van der Waals surface area contributed by atoms with Crippen LogP contribution >= 0.6 is 27.3 Å². The molecule has 2 aromatic heterocycles. The minimum Gasteiger partial charge on any atom is -0.350 e. The summed E-state index contributed by atoms with van der Waals surface area (Å²) in [4.78, 5) is 38.5. The lowest BCUT2D eigenvalue weighted by Gasteiger charge is -2.13. The lowest BCUT2D eigenvalue weighted by atomic mass is 10.2. The molecule has 4 rings (SSSR count). The number of rotatable bonds is 5. The quantitative estimate of drug-likeness (QED) is 0.468. The molecule has 0 saturated heterocycles. The van der Waals surface area contributed by atoms with Crippen molar-refractivity contribution >= 4 is 43.4 Å². The number of para-hydroxylation sites is 1. The second-order valence-electron chi connectivity index (χ2n) is 6.46. The normalized spacial score (nSPS) is 11.0. The second kappa shape index (κ2) is 8.37. The minimum absolute atomic E-state index is 0.148. The summed E-state index contributed by atoms with van der Waals surface area (Å²) in [5.41, 5.74) is -0.300. The number of carbonyl (C=O) groups is 1. The van der Waals surface area contributed by atoms with Gasteiger partial charge < -0.3 is 5.32 Å². The number of nitrogens with zero attached hydrogens (tertiary/aromatic N) is 2. The fourth-order valence-corrected chi connectivity index (χ4v) is 4.37. The van der Waals surface area contributed by atoms with Crippen LogP contribution in [0.1, 0.15) is 5.56 Å². The molecule has 152 valence electrons. The van der Waals surface area contributed by atoms with Crippen molar-refractivity contribution in [2.45, 2.75) is 13.1 Å². The molecule has 0 radical (unpaired) electrons. The van der Waals surface area contributed by atoms with E-state index in [1.54, 1.807) is 11.4 Å². The molecule has 30 heavy (non-hydrogen) atoms. The molecule has 0 aliphatic rings. The number of amides is 1. The highest BCUT2D eigenvalue weighted by Gasteiger charge is 2.19. The number of hydrogen-bond donors (Lipinski definition) is 1. The van der Waals surface area contributed by atoms with Crippen LogP contribution < -0.4 is 16.6 Å². The van der Waals surface area contributed by atoms with Crippen molar-refractivity contribution in [3.63, 3.8) is 0 Å². The van der Waals surface area contributed by atoms with Crippen molar-refractivity contribution < 1.29 is 9.18 Å². The van der Waals surface area contributed by atoms with Crippen molar-refractivity contribution in [3.8, 4) is 5.69 Å². The first-order valence-electron chi connectivity index (χ1n) is 8.95. The van der Waals surface area contributed by atoms with Crippen molar-refractivity contribution in [2.24, 2.45) is 0 Å². The highest BCUT2D eigenvalue weighted by Crippen LogP contribution is 2.18. The van der Waals surface area contributed by atoms with Gasteiger partial charge in [-0.05, 0) is 35.2 Å². The third-order valence-corrected chi connectivity index (χ3v) is 6.25. The van der Waals surface area contributed by atoms with Crippen LogP contribution in [0.5, 0.6) is 0 Å². The Labute approximate surface area is 182 Å². The molecule has 0 fully saturated rings. The Morgan fingerprint density at radius 3 is 2.57 bits per heavy atom. The topological polar surface area (TPSA) is 73.1 Å². The summed E-state index contributed by atoms with van der Waals surface area (Å²) in [6.07, 6.45) is 0. The summed E-state index contributed by atoms with van der Waals surface area (Å²) in [7, 11) is 0. The zero-order chi connectivity index (χ0) is 21.3. The highest BCUT2D eigenvalue weighted by molar-refractivity contribution is 9.10. The number of thiophene rings is 1. The number of benzene rings is 2. The molecule has 0 aliphatic carbocycles. The minimum atomic E-state index is -0.771. The predicted octanol–water partition coefficient (Wildman–Crippen LogP) is 3.43. The molecule has 0 bridgehead atoms. The van der Waals surface area contributed by atoms with Gasteiger partial charge in [-0.25, -0.2) is 13.8 Å². The number of aromatic nitrogens is 2. The van der Waals surface area contributed by atoms with Crippen LogP contribution in [0.4, 0.5) is 4.39 Å². The van der Waals surface area contributed by atoms with E-state index >= 15 is 0 Å². The Bertz CT molecular complexity index is 1380. The monoisotopic (exact) mass is 487 g/mol. The maximum absolute atomic E-state index is 14.3. The van der Waals surface area contributed by atoms with Gasteiger partial charge in [0.25, 0.3) is 5.56 Å². The van der Waals surface area contributed by atoms with E-state index in [9.17, 15) is 18.8 Å². The van der Waals surface area contributed by atoms with Gasteiger partial charge in [-0.1, -0.05) is 46.3 Å². The Balaban J connectivity index is 1.72. The van der Waals surface area contributed by atoms with E-state index in [1.165, 1.54) is 28.8 Å². The third-order valence-electron chi connectivity index (χ3n) is 4.58. The second-order valence-corrected chi connectivity index (χ2v) is 8.23. The van der Waals surface area contributed by atoms with Gasteiger partial charge in [0.1, 0.15) is 17.1 Å². The summed E-state index contributed by atoms with van der Waals surface area (Å²) >= 11 is 4.56. The van der Waals surface area contributed by atoms with Gasteiger partial charge in [0.15, 0.2) is 0 Å². The molecule has 0 saturated carbocycles. The largest absolute Gasteiger partial charge is 0.350 e. The van der Waals surface area contributed by atoms with E-state index < -0.39 is 23.0 Å². The van der Waals surface area contributed by atoms with Crippen molar-refractivity contribution in [1.82, 2.24) is 14.5 Å². The summed E-state index contributed by atoms with van der Waals surface area (Å²) in [6.45, 7) is -0.0278. The van der Waals surface area contributed by atoms with Crippen LogP contribution in [-0.4, -0.2) is 15.0 Å². The Morgan fingerprint density at radius 2 is 1.80 bits per heavy atom. The van der Waals surface area contributed by atoms with Crippen molar-refractivity contribution in [2.75, 3.05) is 0 Å². The van der Waals surface area contributed by atoms with Gasteiger partial charge in [-0.3, -0.25) is 14.2 Å². The lowest BCUT2D eigenvalue weighted by Crippen LogP contribution is -2.41. The molecular weight excluding hydrogens is 473 g/mol. The summed E-state index contributed by atoms with van der Waals surface area (Å²) in [5, 5.41) is 4.43. The Hall–Kier alpha value is -3.04. The van der Waals surface area contributed by atoms with Crippen molar-refractivity contribution in [1.29, 1.82) is 0 Å². The predicted molar refractivity (Wildman–Crippen MR) is 118 cm³/mol. The average Bonchev–Trinajstić information content (AvgIpc) is 3.22. The van der Waals surface area contributed by atoms with Crippen LogP contribution in [0.25, 0.3) is 15.9 Å². The zero-order valence-electron chi connectivity index (χ0n) is 15.5. The first kappa shape index (κ1) is 20.2. The fourth-order valence-electron chi connectivity index (χ4n) is 3.12. The standard InChI is InChI=1S/C21H15BrFN3O3S/c22-14-6-2-1-5-13(14)11-24-18(27)12-25-17-9-10-30-19(17)20(28)26(21(25)29)16-8-4-3-7-15(16)23/h1-10H,11-12H2,(H,24,27). The fraction of sp³-hybridized carbons (Fsp3) is 0.0952. The van der Waals surface area contributed by atoms with Crippen molar-refractivity contribution in [3.05, 3.63) is 96.7 Å². The molecular formula is C21H15BrFN3O3S. The smallest absolute Gasteiger partial charge is 0.336 e. The number of halogens is 2. The molecule has 0 aliphatic heterocycles. The molecule has 6 nitrogen and oxygen atoms in total. The molecule has 1 N–H and O–H groups in total. The first-order valence-corrected chi connectivity index (χ1v) is 10.6. The van der Waals surface area contributed by atoms with Crippen LogP contribution in [0.15, 0.2) is 74.0 Å². The SMILES string of the molecule is O=C(Cn1c(=O)n(-c2ccccc2F)c(=O)c2sccc21)NCc1ccccc1Br. The number of nitrogens with one attached hydrogen (secondary N) is 1. The molecule has 2 aromatic carbocycles. The number of carbonyl (C=O) groups excluding carboxylic acids is 1. The molecule has 0 unspecified atom stereocenters. The molecule has 0 spiro atoms.